The summed E-state index contributed by atoms with van der Waals surface area (Å²) < 4.78 is 5.88. The van der Waals surface area contributed by atoms with Crippen LogP contribution in [0, 0.1) is 0 Å². The van der Waals surface area contributed by atoms with Crippen LogP contribution in [0.1, 0.15) is 45.3 Å². The molecule has 6 nitrogen and oxygen atoms in total. The number of morpholine rings is 1. The minimum absolute atomic E-state index is 0.130. The summed E-state index contributed by atoms with van der Waals surface area (Å²) in [4.78, 5) is 25.8. The van der Waals surface area contributed by atoms with E-state index in [1.54, 1.807) is 0 Å². The molecule has 1 aliphatic heterocycles. The zero-order valence-corrected chi connectivity index (χ0v) is 16.1. The molecule has 1 aromatic rings. The summed E-state index contributed by atoms with van der Waals surface area (Å²) in [6, 6.07) is 10.3. The number of hydrogen-bond donors (Lipinski definition) is 2. The molecule has 1 fully saturated rings. The van der Waals surface area contributed by atoms with Gasteiger partial charge in [0.25, 0.3) is 0 Å². The number of rotatable bonds is 6. The lowest BCUT2D eigenvalue weighted by Gasteiger charge is -2.33. The van der Waals surface area contributed by atoms with E-state index in [1.807, 2.05) is 39.0 Å². The second-order valence-corrected chi connectivity index (χ2v) is 7.74. The Morgan fingerprint density at radius 2 is 1.88 bits per heavy atom. The number of nitrogens with zero attached hydrogens (tertiary/aromatic N) is 1. The highest BCUT2D eigenvalue weighted by Gasteiger charge is 2.22. The van der Waals surface area contributed by atoms with E-state index in [9.17, 15) is 9.59 Å². The highest BCUT2D eigenvalue weighted by molar-refractivity contribution is 6.35. The van der Waals surface area contributed by atoms with Gasteiger partial charge in [0.2, 0.25) is 0 Å². The van der Waals surface area contributed by atoms with Crippen LogP contribution in [0.5, 0.6) is 0 Å². The van der Waals surface area contributed by atoms with Crippen LogP contribution in [0.2, 0.25) is 0 Å². The van der Waals surface area contributed by atoms with Crippen LogP contribution < -0.4 is 10.6 Å². The van der Waals surface area contributed by atoms with E-state index in [0.717, 1.165) is 39.1 Å². The Kier molecular flexibility index (Phi) is 7.60. The van der Waals surface area contributed by atoms with Gasteiger partial charge in [-0.05, 0) is 45.7 Å². The van der Waals surface area contributed by atoms with E-state index in [4.69, 9.17) is 4.74 Å². The fraction of sp³-hybridized carbons (Fsp3) is 0.600. The van der Waals surface area contributed by atoms with Gasteiger partial charge in [0, 0.05) is 25.2 Å². The quantitative estimate of drug-likeness (QED) is 0.599. The van der Waals surface area contributed by atoms with Crippen molar-refractivity contribution in [1.82, 2.24) is 15.5 Å². The summed E-state index contributed by atoms with van der Waals surface area (Å²) >= 11 is 0. The molecule has 144 valence electrons. The summed E-state index contributed by atoms with van der Waals surface area (Å²) in [5.41, 5.74) is 0.814. The van der Waals surface area contributed by atoms with Crippen LogP contribution in [0.4, 0.5) is 0 Å². The van der Waals surface area contributed by atoms with Gasteiger partial charge in [-0.15, -0.1) is 0 Å². The fourth-order valence-corrected chi connectivity index (χ4v) is 2.91. The van der Waals surface area contributed by atoms with Gasteiger partial charge >= 0.3 is 11.8 Å². The first-order valence-corrected chi connectivity index (χ1v) is 9.34. The SMILES string of the molecule is CC(C)(C)NC(=O)C(=O)NCCCCN1CCO[C@@H](c2ccccc2)C1. The van der Waals surface area contributed by atoms with Gasteiger partial charge in [0.1, 0.15) is 0 Å². The van der Waals surface area contributed by atoms with E-state index in [-0.39, 0.29) is 6.10 Å². The Bertz CT molecular complexity index is 584. The first-order chi connectivity index (χ1) is 12.3. The van der Waals surface area contributed by atoms with Crippen molar-refractivity contribution >= 4 is 11.8 Å². The minimum atomic E-state index is -0.573. The van der Waals surface area contributed by atoms with Crippen molar-refractivity contribution in [1.29, 1.82) is 0 Å². The Morgan fingerprint density at radius 1 is 1.15 bits per heavy atom. The first kappa shape index (κ1) is 20.4. The Balaban J connectivity index is 1.62. The number of hydrogen-bond acceptors (Lipinski definition) is 4. The molecule has 1 saturated heterocycles. The molecule has 0 saturated carbocycles. The van der Waals surface area contributed by atoms with Crippen molar-refractivity contribution in [3.05, 3.63) is 35.9 Å². The third-order valence-electron chi connectivity index (χ3n) is 4.20. The summed E-state index contributed by atoms with van der Waals surface area (Å²) in [6.45, 7) is 9.60. The monoisotopic (exact) mass is 361 g/mol. The first-order valence-electron chi connectivity index (χ1n) is 9.34. The smallest absolute Gasteiger partial charge is 0.309 e. The molecular formula is C20H31N3O3. The predicted octanol–water partition coefficient (Wildman–Crippen LogP) is 1.87. The number of ether oxygens (including phenoxy) is 1. The highest BCUT2D eigenvalue weighted by Crippen LogP contribution is 2.21. The van der Waals surface area contributed by atoms with Crippen molar-refractivity contribution in [3.63, 3.8) is 0 Å². The van der Waals surface area contributed by atoms with Gasteiger partial charge in [-0.1, -0.05) is 30.3 Å². The van der Waals surface area contributed by atoms with Crippen molar-refractivity contribution in [2.75, 3.05) is 32.8 Å². The van der Waals surface area contributed by atoms with Gasteiger partial charge in [-0.3, -0.25) is 14.5 Å². The van der Waals surface area contributed by atoms with Crippen molar-refractivity contribution < 1.29 is 14.3 Å². The fourth-order valence-electron chi connectivity index (χ4n) is 2.91. The average Bonchev–Trinajstić information content (AvgIpc) is 2.61. The van der Waals surface area contributed by atoms with Crippen LogP contribution in [-0.2, 0) is 14.3 Å². The number of amides is 2. The molecule has 2 amide bonds. The standard InChI is InChI=1S/C20H31N3O3/c1-20(2,3)22-19(25)18(24)21-11-7-8-12-23-13-14-26-17(15-23)16-9-5-4-6-10-16/h4-6,9-10,17H,7-8,11-15H2,1-3H3,(H,21,24)(H,22,25)/t17-/m1/s1. The second-order valence-electron chi connectivity index (χ2n) is 7.74. The molecule has 0 aliphatic carbocycles. The molecule has 6 heteroatoms. The van der Waals surface area contributed by atoms with Crippen molar-refractivity contribution in [3.8, 4) is 0 Å². The lowest BCUT2D eigenvalue weighted by Crippen LogP contribution is -2.48. The molecule has 1 heterocycles. The molecule has 1 aliphatic rings. The van der Waals surface area contributed by atoms with Crippen LogP contribution in [0.25, 0.3) is 0 Å². The average molecular weight is 361 g/mol. The van der Waals surface area contributed by atoms with Crippen molar-refractivity contribution in [2.45, 2.75) is 45.3 Å². The maximum Gasteiger partial charge on any atom is 0.309 e. The zero-order valence-electron chi connectivity index (χ0n) is 16.1. The topological polar surface area (TPSA) is 70.7 Å². The van der Waals surface area contributed by atoms with Crippen LogP contribution >= 0.6 is 0 Å². The van der Waals surface area contributed by atoms with Gasteiger partial charge in [0.05, 0.1) is 12.7 Å². The van der Waals surface area contributed by atoms with E-state index in [2.05, 4.69) is 27.7 Å². The van der Waals surface area contributed by atoms with E-state index >= 15 is 0 Å². The number of unbranched alkanes of at least 4 members (excludes halogenated alkanes) is 1. The molecule has 1 atom stereocenters. The molecule has 0 spiro atoms. The Morgan fingerprint density at radius 3 is 2.58 bits per heavy atom. The largest absolute Gasteiger partial charge is 0.371 e. The summed E-state index contributed by atoms with van der Waals surface area (Å²) in [6.07, 6.45) is 1.95. The zero-order chi connectivity index (χ0) is 19.0. The number of carbonyl (C=O) groups is 2. The number of carbonyl (C=O) groups excluding carboxylic acids is 2. The Hall–Kier alpha value is -1.92. The maximum atomic E-state index is 11.7. The van der Waals surface area contributed by atoms with Crippen molar-refractivity contribution in [2.24, 2.45) is 0 Å². The highest BCUT2D eigenvalue weighted by atomic mass is 16.5. The van der Waals surface area contributed by atoms with Gasteiger partial charge < -0.3 is 15.4 Å². The van der Waals surface area contributed by atoms with E-state index in [1.165, 1.54) is 5.56 Å². The Labute approximate surface area is 156 Å². The number of nitrogens with one attached hydrogen (secondary N) is 2. The number of benzene rings is 1. The minimum Gasteiger partial charge on any atom is -0.371 e. The third-order valence-corrected chi connectivity index (χ3v) is 4.20. The van der Waals surface area contributed by atoms with Crippen LogP contribution in [0.15, 0.2) is 30.3 Å². The molecule has 0 bridgehead atoms. The third kappa shape index (κ3) is 7.14. The molecule has 0 unspecified atom stereocenters. The molecule has 26 heavy (non-hydrogen) atoms. The second kappa shape index (κ2) is 9.69. The van der Waals surface area contributed by atoms with Gasteiger partial charge in [0.15, 0.2) is 0 Å². The summed E-state index contributed by atoms with van der Waals surface area (Å²) in [5.74, 6) is -1.13. The van der Waals surface area contributed by atoms with Crippen LogP contribution in [-0.4, -0.2) is 55.0 Å². The molecule has 2 N–H and O–H groups in total. The molecule has 1 aromatic carbocycles. The summed E-state index contributed by atoms with van der Waals surface area (Å²) in [5, 5.41) is 5.34. The lowest BCUT2D eigenvalue weighted by molar-refractivity contribution is -0.140. The molecule has 0 aromatic heterocycles. The molecular weight excluding hydrogens is 330 g/mol. The molecule has 0 radical (unpaired) electrons. The summed E-state index contributed by atoms with van der Waals surface area (Å²) in [7, 11) is 0. The molecule has 2 rings (SSSR count). The maximum absolute atomic E-state index is 11.7. The normalized spacial score (nSPS) is 18.3. The van der Waals surface area contributed by atoms with E-state index in [0.29, 0.717) is 6.54 Å². The lowest BCUT2D eigenvalue weighted by atomic mass is 10.1. The van der Waals surface area contributed by atoms with Gasteiger partial charge in [-0.2, -0.15) is 0 Å². The van der Waals surface area contributed by atoms with Crippen LogP contribution in [0.3, 0.4) is 0 Å². The predicted molar refractivity (Wildman–Crippen MR) is 102 cm³/mol. The van der Waals surface area contributed by atoms with Gasteiger partial charge in [-0.25, -0.2) is 0 Å². The van der Waals surface area contributed by atoms with E-state index < -0.39 is 17.4 Å².